The molecule has 2 N–H and O–H groups in total. The lowest BCUT2D eigenvalue weighted by Gasteiger charge is -2.14. The molecule has 1 rings (SSSR count). The predicted molar refractivity (Wildman–Crippen MR) is 51.4 cm³/mol. The molecule has 2 nitrogen and oxygen atoms in total. The number of para-hydroxylation sites is 1. The lowest BCUT2D eigenvalue weighted by atomic mass is 10.3. The van der Waals surface area contributed by atoms with Gasteiger partial charge >= 0.3 is 0 Å². The highest BCUT2D eigenvalue weighted by Crippen LogP contribution is 2.07. The van der Waals surface area contributed by atoms with Crippen LogP contribution in [0.2, 0.25) is 0 Å². The van der Waals surface area contributed by atoms with Crippen molar-refractivity contribution in [2.75, 3.05) is 11.6 Å². The smallest absolute Gasteiger partial charge is 0.0950 e. The standard InChI is InChI=1S/C10H12N2/c1-2-3-9-12(11)10-7-5-4-6-8-10/h4-8H,9,11H2,1H3. The summed E-state index contributed by atoms with van der Waals surface area (Å²) < 4.78 is 0. The van der Waals surface area contributed by atoms with E-state index in [0.717, 1.165) is 5.69 Å². The quantitative estimate of drug-likeness (QED) is 0.402. The van der Waals surface area contributed by atoms with E-state index in [9.17, 15) is 0 Å². The molecule has 0 aliphatic rings. The second kappa shape index (κ2) is 4.42. The van der Waals surface area contributed by atoms with Crippen LogP contribution in [0.25, 0.3) is 0 Å². The summed E-state index contributed by atoms with van der Waals surface area (Å²) in [5.41, 5.74) is 0.986. The molecule has 1 aromatic carbocycles. The molecule has 0 aliphatic carbocycles. The van der Waals surface area contributed by atoms with E-state index < -0.39 is 0 Å². The Labute approximate surface area is 73.0 Å². The van der Waals surface area contributed by atoms with Gasteiger partial charge in [-0.05, 0) is 19.1 Å². The van der Waals surface area contributed by atoms with E-state index in [1.165, 1.54) is 0 Å². The van der Waals surface area contributed by atoms with E-state index in [1.54, 1.807) is 11.9 Å². The molecular weight excluding hydrogens is 148 g/mol. The zero-order chi connectivity index (χ0) is 8.81. The van der Waals surface area contributed by atoms with Crippen LogP contribution < -0.4 is 10.9 Å². The second-order valence-corrected chi connectivity index (χ2v) is 2.39. The largest absolute Gasteiger partial charge is 0.299 e. The summed E-state index contributed by atoms with van der Waals surface area (Å²) in [6, 6.07) is 9.78. The Morgan fingerprint density at radius 1 is 1.33 bits per heavy atom. The Morgan fingerprint density at radius 3 is 2.58 bits per heavy atom. The monoisotopic (exact) mass is 160 g/mol. The van der Waals surface area contributed by atoms with Crippen molar-refractivity contribution in [3.63, 3.8) is 0 Å². The van der Waals surface area contributed by atoms with Crippen LogP contribution in [0.15, 0.2) is 30.3 Å². The van der Waals surface area contributed by atoms with Crippen molar-refractivity contribution in [1.29, 1.82) is 0 Å². The summed E-state index contributed by atoms with van der Waals surface area (Å²) in [5.74, 6) is 11.4. The highest BCUT2D eigenvalue weighted by atomic mass is 15.4. The minimum Gasteiger partial charge on any atom is -0.299 e. The molecular formula is C10H12N2. The van der Waals surface area contributed by atoms with Crippen LogP contribution in [0.4, 0.5) is 5.69 Å². The van der Waals surface area contributed by atoms with E-state index in [0.29, 0.717) is 6.54 Å². The first kappa shape index (κ1) is 8.63. The SMILES string of the molecule is CC#CCN(N)c1ccccc1. The zero-order valence-electron chi connectivity index (χ0n) is 7.12. The van der Waals surface area contributed by atoms with Crippen LogP contribution in [0.3, 0.4) is 0 Å². The molecule has 62 valence electrons. The number of nitrogens with two attached hydrogens (primary N) is 1. The Morgan fingerprint density at radius 2 is 2.00 bits per heavy atom. The maximum absolute atomic E-state index is 5.71. The second-order valence-electron chi connectivity index (χ2n) is 2.39. The van der Waals surface area contributed by atoms with Crippen molar-refractivity contribution in [3.8, 4) is 11.8 Å². The van der Waals surface area contributed by atoms with E-state index in [1.807, 2.05) is 30.3 Å². The molecule has 1 aromatic rings. The fraction of sp³-hybridized carbons (Fsp3) is 0.200. The van der Waals surface area contributed by atoms with E-state index in [2.05, 4.69) is 11.8 Å². The van der Waals surface area contributed by atoms with Gasteiger partial charge in [-0.2, -0.15) is 0 Å². The van der Waals surface area contributed by atoms with Crippen LogP contribution in [0.5, 0.6) is 0 Å². The fourth-order valence-electron chi connectivity index (χ4n) is 0.875. The van der Waals surface area contributed by atoms with Gasteiger partial charge in [0, 0.05) is 0 Å². The van der Waals surface area contributed by atoms with Crippen LogP contribution in [0.1, 0.15) is 6.92 Å². The van der Waals surface area contributed by atoms with Gasteiger partial charge in [0.2, 0.25) is 0 Å². The van der Waals surface area contributed by atoms with Gasteiger partial charge in [-0.15, -0.1) is 5.92 Å². The van der Waals surface area contributed by atoms with Crippen molar-refractivity contribution in [2.24, 2.45) is 5.84 Å². The van der Waals surface area contributed by atoms with E-state index in [4.69, 9.17) is 5.84 Å². The summed E-state index contributed by atoms with van der Waals surface area (Å²) >= 11 is 0. The lowest BCUT2D eigenvalue weighted by molar-refractivity contribution is 0.955. The molecule has 0 fully saturated rings. The van der Waals surface area contributed by atoms with Crippen molar-refractivity contribution >= 4 is 5.69 Å². The number of hydrogen-bond acceptors (Lipinski definition) is 2. The van der Waals surface area contributed by atoms with E-state index >= 15 is 0 Å². The highest BCUT2D eigenvalue weighted by Gasteiger charge is 1.95. The van der Waals surface area contributed by atoms with Crippen LogP contribution in [0, 0.1) is 11.8 Å². The summed E-state index contributed by atoms with van der Waals surface area (Å²) in [4.78, 5) is 0. The first-order valence-corrected chi connectivity index (χ1v) is 3.81. The van der Waals surface area contributed by atoms with Crippen LogP contribution >= 0.6 is 0 Å². The molecule has 0 saturated carbocycles. The molecule has 0 aliphatic heterocycles. The van der Waals surface area contributed by atoms with Crippen molar-refractivity contribution in [3.05, 3.63) is 30.3 Å². The maximum Gasteiger partial charge on any atom is 0.0950 e. The summed E-state index contributed by atoms with van der Waals surface area (Å²) in [5, 5.41) is 1.62. The Balaban J connectivity index is 2.63. The lowest BCUT2D eigenvalue weighted by Crippen LogP contribution is -2.30. The Hall–Kier alpha value is -1.46. The van der Waals surface area contributed by atoms with Crippen LogP contribution in [-0.4, -0.2) is 6.54 Å². The molecule has 12 heavy (non-hydrogen) atoms. The molecule has 0 amide bonds. The highest BCUT2D eigenvalue weighted by molar-refractivity contribution is 5.45. The minimum atomic E-state index is 0.570. The number of hydrogen-bond donors (Lipinski definition) is 1. The Bertz CT molecular complexity index is 282. The van der Waals surface area contributed by atoms with Crippen molar-refractivity contribution in [2.45, 2.75) is 6.92 Å². The number of anilines is 1. The topological polar surface area (TPSA) is 29.3 Å². The third-order valence-electron chi connectivity index (χ3n) is 1.51. The van der Waals surface area contributed by atoms with Crippen LogP contribution in [-0.2, 0) is 0 Å². The van der Waals surface area contributed by atoms with Gasteiger partial charge in [0.25, 0.3) is 0 Å². The average Bonchev–Trinajstić information content (AvgIpc) is 2.15. The minimum absolute atomic E-state index is 0.570. The third kappa shape index (κ3) is 2.30. The van der Waals surface area contributed by atoms with Gasteiger partial charge in [-0.1, -0.05) is 24.1 Å². The van der Waals surface area contributed by atoms with E-state index in [-0.39, 0.29) is 0 Å². The first-order chi connectivity index (χ1) is 5.84. The van der Waals surface area contributed by atoms with Gasteiger partial charge in [-0.25, -0.2) is 5.84 Å². The Kier molecular flexibility index (Phi) is 3.18. The molecule has 0 radical (unpaired) electrons. The van der Waals surface area contributed by atoms with Crippen molar-refractivity contribution < 1.29 is 0 Å². The molecule has 0 saturated heterocycles. The molecule has 0 spiro atoms. The molecule has 2 heteroatoms. The maximum atomic E-state index is 5.71. The average molecular weight is 160 g/mol. The third-order valence-corrected chi connectivity index (χ3v) is 1.51. The number of rotatable bonds is 2. The van der Waals surface area contributed by atoms with Crippen molar-refractivity contribution in [1.82, 2.24) is 0 Å². The predicted octanol–water partition coefficient (Wildman–Crippen LogP) is 1.39. The van der Waals surface area contributed by atoms with Gasteiger partial charge in [0.15, 0.2) is 0 Å². The molecule has 0 bridgehead atoms. The zero-order valence-corrected chi connectivity index (χ0v) is 7.12. The fourth-order valence-corrected chi connectivity index (χ4v) is 0.875. The first-order valence-electron chi connectivity index (χ1n) is 3.81. The summed E-state index contributed by atoms with van der Waals surface area (Å²) in [6.07, 6.45) is 0. The van der Waals surface area contributed by atoms with Gasteiger partial charge in [0.05, 0.1) is 12.2 Å². The number of benzene rings is 1. The molecule has 0 unspecified atom stereocenters. The molecule has 0 atom stereocenters. The molecule has 0 aromatic heterocycles. The normalized spacial score (nSPS) is 8.50. The number of hydrazine groups is 1. The van der Waals surface area contributed by atoms with Gasteiger partial charge in [0.1, 0.15) is 0 Å². The molecule has 0 heterocycles. The number of nitrogens with zero attached hydrogens (tertiary/aromatic N) is 1. The van der Waals surface area contributed by atoms with Gasteiger partial charge in [-0.3, -0.25) is 5.01 Å². The summed E-state index contributed by atoms with van der Waals surface area (Å²) in [6.45, 7) is 2.37. The van der Waals surface area contributed by atoms with Gasteiger partial charge < -0.3 is 0 Å². The summed E-state index contributed by atoms with van der Waals surface area (Å²) in [7, 11) is 0.